The summed E-state index contributed by atoms with van der Waals surface area (Å²) in [6, 6.07) is 9.23. The van der Waals surface area contributed by atoms with Crippen LogP contribution in [0.2, 0.25) is 0 Å². The lowest BCUT2D eigenvalue weighted by Gasteiger charge is -2.39. The van der Waals surface area contributed by atoms with Crippen molar-refractivity contribution in [3.63, 3.8) is 0 Å². The number of piperazine rings is 1. The van der Waals surface area contributed by atoms with E-state index in [4.69, 9.17) is 21.3 Å². The Balaban J connectivity index is 1.42. The van der Waals surface area contributed by atoms with Crippen LogP contribution < -0.4 is 9.64 Å². The van der Waals surface area contributed by atoms with E-state index in [-0.39, 0.29) is 42.9 Å². The van der Waals surface area contributed by atoms with E-state index in [0.717, 1.165) is 37.8 Å². The van der Waals surface area contributed by atoms with Crippen molar-refractivity contribution >= 4 is 22.6 Å². The van der Waals surface area contributed by atoms with Crippen LogP contribution in [-0.4, -0.2) is 84.1 Å². The molecular weight excluding hydrogens is 562 g/mol. The number of likely N-dealkylation sites (N-methyl/N-ethyl adjacent to an activating group) is 1. The largest absolute Gasteiger partial charge is 0.462 e. The highest BCUT2D eigenvalue weighted by atomic mass is 19.1. The van der Waals surface area contributed by atoms with Crippen molar-refractivity contribution in [3.05, 3.63) is 71.1 Å². The van der Waals surface area contributed by atoms with Crippen molar-refractivity contribution in [2.24, 2.45) is 5.41 Å². The van der Waals surface area contributed by atoms with Gasteiger partial charge in [0.2, 0.25) is 6.54 Å². The lowest BCUT2D eigenvalue weighted by atomic mass is 9.89. The van der Waals surface area contributed by atoms with Crippen molar-refractivity contribution in [2.75, 3.05) is 51.3 Å². The van der Waals surface area contributed by atoms with Crippen LogP contribution in [0.1, 0.15) is 37.8 Å². The minimum atomic E-state index is -1.06. The number of rotatable bonds is 7. The van der Waals surface area contributed by atoms with Gasteiger partial charge in [0, 0.05) is 36.6 Å². The van der Waals surface area contributed by atoms with Gasteiger partial charge in [-0.2, -0.15) is 9.97 Å². The summed E-state index contributed by atoms with van der Waals surface area (Å²) in [6.07, 6.45) is 3.94. The predicted octanol–water partition coefficient (Wildman–Crippen LogP) is 5.45. The first-order valence-corrected chi connectivity index (χ1v) is 15.2. The normalized spacial score (nSPS) is 21.4. The van der Waals surface area contributed by atoms with Crippen molar-refractivity contribution in [1.29, 1.82) is 0 Å². The second kappa shape index (κ2) is 11.8. The minimum absolute atomic E-state index is 0.0100. The highest BCUT2D eigenvalue weighted by Crippen LogP contribution is 2.43. The Hall–Kier alpha value is -4.10. The summed E-state index contributed by atoms with van der Waals surface area (Å²) in [4.78, 5) is 31.1. The van der Waals surface area contributed by atoms with E-state index in [9.17, 15) is 9.18 Å². The number of fused-ring (bicyclic) bond motifs is 2. The Kier molecular flexibility index (Phi) is 8.01. The van der Waals surface area contributed by atoms with Crippen molar-refractivity contribution in [2.45, 2.75) is 51.6 Å². The fourth-order valence-electron chi connectivity index (χ4n) is 7.04. The molecule has 3 aromatic rings. The topological polar surface area (TPSA) is 66.2 Å². The van der Waals surface area contributed by atoms with Crippen LogP contribution in [0.5, 0.6) is 6.01 Å². The third-order valence-corrected chi connectivity index (χ3v) is 9.29. The van der Waals surface area contributed by atoms with E-state index >= 15 is 4.39 Å². The molecule has 3 aliphatic rings. The number of aromatic nitrogens is 2. The van der Waals surface area contributed by atoms with E-state index < -0.39 is 17.8 Å². The minimum Gasteiger partial charge on any atom is -0.462 e. The van der Waals surface area contributed by atoms with Crippen LogP contribution in [0.3, 0.4) is 0 Å². The van der Waals surface area contributed by atoms with Crippen molar-refractivity contribution < 1.29 is 18.3 Å². The second-order valence-electron chi connectivity index (χ2n) is 13.1. The maximum absolute atomic E-state index is 16.1. The number of hydrogen-bond acceptors (Lipinski definition) is 6. The third kappa shape index (κ3) is 5.73. The molecule has 0 spiro atoms. The molecule has 8 nitrogen and oxygen atoms in total. The predicted molar refractivity (Wildman–Crippen MR) is 167 cm³/mol. The summed E-state index contributed by atoms with van der Waals surface area (Å²) in [5.74, 6) is -1.78. The smallest absolute Gasteiger partial charge is 0.319 e. The van der Waals surface area contributed by atoms with Crippen LogP contribution in [0.15, 0.2) is 42.7 Å². The zero-order valence-corrected chi connectivity index (χ0v) is 25.6. The number of likely N-dealkylation sites (tertiary alicyclic amines) is 1. The summed E-state index contributed by atoms with van der Waals surface area (Å²) < 4.78 is 36.1. The van der Waals surface area contributed by atoms with Crippen molar-refractivity contribution in [1.82, 2.24) is 19.8 Å². The summed E-state index contributed by atoms with van der Waals surface area (Å²) in [7, 11) is 2.08. The molecule has 0 bridgehead atoms. The van der Waals surface area contributed by atoms with Gasteiger partial charge in [0.05, 0.1) is 5.52 Å². The van der Waals surface area contributed by atoms with Gasteiger partial charge in [0.25, 0.3) is 5.91 Å². The van der Waals surface area contributed by atoms with Crippen LogP contribution in [0.4, 0.5) is 14.6 Å². The second-order valence-corrected chi connectivity index (χ2v) is 13.1. The van der Waals surface area contributed by atoms with Crippen LogP contribution in [0, 0.1) is 17.8 Å². The van der Waals surface area contributed by atoms with E-state index in [1.807, 2.05) is 17.0 Å². The van der Waals surface area contributed by atoms with Crippen LogP contribution >= 0.6 is 0 Å². The van der Waals surface area contributed by atoms with Crippen molar-refractivity contribution in [3.8, 4) is 17.1 Å². The van der Waals surface area contributed by atoms with Gasteiger partial charge in [-0.3, -0.25) is 4.79 Å². The first-order chi connectivity index (χ1) is 21.0. The molecule has 0 unspecified atom stereocenters. The first-order valence-electron chi connectivity index (χ1n) is 15.2. The average molecular weight is 601 g/mol. The van der Waals surface area contributed by atoms with Gasteiger partial charge in [0.1, 0.15) is 24.3 Å². The molecule has 1 aliphatic carbocycles. The zero-order chi connectivity index (χ0) is 31.2. The highest BCUT2D eigenvalue weighted by molar-refractivity contribution is 5.94. The number of amides is 1. The Bertz CT molecular complexity index is 1670. The molecule has 2 aromatic carbocycles. The SMILES string of the molecule is [C-]#[N+]C[C@H]1CN(c2nc(OC[C@@H]3CCCN3C)nc3cc(-c4cccc5c4CC(C)(C)C5)c(F)cc23)CCN1C(=O)C(=C)F. The summed E-state index contributed by atoms with van der Waals surface area (Å²) >= 11 is 0. The van der Waals surface area contributed by atoms with Crippen LogP contribution in [-0.2, 0) is 17.6 Å². The number of carbonyl (C=O) groups is 1. The first kappa shape index (κ1) is 29.9. The number of anilines is 1. The molecule has 1 aromatic heterocycles. The molecule has 0 radical (unpaired) electrons. The Morgan fingerprint density at radius 1 is 1.16 bits per heavy atom. The quantitative estimate of drug-likeness (QED) is 0.265. The van der Waals surface area contributed by atoms with Gasteiger partial charge < -0.3 is 24.3 Å². The fraction of sp³-hybridized carbons (Fsp3) is 0.471. The monoisotopic (exact) mass is 600 g/mol. The van der Waals surface area contributed by atoms with Crippen LogP contribution in [0.25, 0.3) is 26.9 Å². The molecular formula is C34H38F2N6O2. The number of nitrogens with zero attached hydrogens (tertiary/aromatic N) is 6. The average Bonchev–Trinajstić information content (AvgIpc) is 3.55. The maximum Gasteiger partial charge on any atom is 0.319 e. The molecule has 2 fully saturated rings. The number of benzene rings is 2. The van der Waals surface area contributed by atoms with Gasteiger partial charge in [-0.15, -0.1) is 0 Å². The third-order valence-electron chi connectivity index (χ3n) is 9.29. The number of halogens is 2. The van der Waals surface area contributed by atoms with Gasteiger partial charge >= 0.3 is 6.01 Å². The fourth-order valence-corrected chi connectivity index (χ4v) is 7.04. The van der Waals surface area contributed by atoms with Gasteiger partial charge in [-0.05, 0) is 73.5 Å². The molecule has 2 aliphatic heterocycles. The molecule has 230 valence electrons. The molecule has 10 heteroatoms. The van der Waals surface area contributed by atoms with E-state index in [1.54, 1.807) is 6.07 Å². The summed E-state index contributed by atoms with van der Waals surface area (Å²) in [5.41, 5.74) is 4.43. The Morgan fingerprint density at radius 3 is 2.70 bits per heavy atom. The molecule has 44 heavy (non-hydrogen) atoms. The summed E-state index contributed by atoms with van der Waals surface area (Å²) in [6.45, 7) is 17.2. The number of ether oxygens (including phenoxy) is 1. The highest BCUT2D eigenvalue weighted by Gasteiger charge is 2.36. The maximum atomic E-state index is 16.1. The van der Waals surface area contributed by atoms with Gasteiger partial charge in [0.15, 0.2) is 5.83 Å². The summed E-state index contributed by atoms with van der Waals surface area (Å²) in [5, 5.41) is 0.515. The molecule has 2 saturated heterocycles. The van der Waals surface area contributed by atoms with Gasteiger partial charge in [-0.1, -0.05) is 38.6 Å². The molecule has 0 saturated carbocycles. The lowest BCUT2D eigenvalue weighted by molar-refractivity contribution is -0.131. The number of carbonyl (C=O) groups excluding carboxylic acids is 1. The van der Waals surface area contributed by atoms with E-state index in [2.05, 4.69) is 43.3 Å². The number of hydrogen-bond donors (Lipinski definition) is 0. The Labute approximate surface area is 257 Å². The Morgan fingerprint density at radius 2 is 1.98 bits per heavy atom. The standard InChI is InChI=1S/C34H38F2N6O2/c1-21(35)32(43)42-13-12-41(19-24(42)18-37-4)31-27-14-29(36)26(25-10-6-8-22-16-34(2,3)17-28(22)25)15-30(27)38-33(39-31)44-20-23-9-7-11-40(23)5/h6,8,10,14-15,23-24H,1,7,9,11-13,16-20H2,2-3,5H3/t23-,24-/m0/s1. The zero-order valence-electron chi connectivity index (χ0n) is 25.6. The van der Waals surface area contributed by atoms with E-state index in [1.165, 1.54) is 22.1 Å². The van der Waals surface area contributed by atoms with Gasteiger partial charge in [-0.25, -0.2) is 15.4 Å². The molecule has 2 atom stereocenters. The molecule has 1 amide bonds. The molecule has 0 N–H and O–H groups in total. The van der Waals surface area contributed by atoms with E-state index in [0.29, 0.717) is 35.4 Å². The molecule has 6 rings (SSSR count). The lowest BCUT2D eigenvalue weighted by Crippen LogP contribution is -2.56. The molecule has 3 heterocycles.